The molecule has 3 rings (SSSR count). The number of halogens is 1. The summed E-state index contributed by atoms with van der Waals surface area (Å²) in [6.07, 6.45) is 0.555. The SMILES string of the molecule is CC(C)(C)OC(=O)NC1=N[C@](C)(c2cc(N)ccc2F)[C@H]2CCC[C@@H]1S2(=O)=O. The van der Waals surface area contributed by atoms with Crippen molar-refractivity contribution in [3.8, 4) is 0 Å². The van der Waals surface area contributed by atoms with Crippen LogP contribution in [0.1, 0.15) is 52.5 Å². The molecular weight excluding hydrogens is 385 g/mol. The third-order valence-electron chi connectivity index (χ3n) is 5.18. The minimum absolute atomic E-state index is 0.00507. The van der Waals surface area contributed by atoms with Crippen molar-refractivity contribution >= 4 is 27.5 Å². The minimum Gasteiger partial charge on any atom is -0.444 e. The lowest BCUT2D eigenvalue weighted by molar-refractivity contribution is 0.0561. The highest BCUT2D eigenvalue weighted by Gasteiger charge is 2.55. The van der Waals surface area contributed by atoms with Crippen molar-refractivity contribution < 1.29 is 22.3 Å². The van der Waals surface area contributed by atoms with Crippen LogP contribution in [0.5, 0.6) is 0 Å². The molecule has 3 atom stereocenters. The van der Waals surface area contributed by atoms with Crippen molar-refractivity contribution in [2.75, 3.05) is 5.73 Å². The van der Waals surface area contributed by atoms with Gasteiger partial charge in [-0.3, -0.25) is 10.3 Å². The Morgan fingerprint density at radius 1 is 1.36 bits per heavy atom. The third-order valence-corrected chi connectivity index (χ3v) is 7.92. The van der Waals surface area contributed by atoms with Gasteiger partial charge in [0.15, 0.2) is 9.84 Å². The molecule has 1 saturated heterocycles. The van der Waals surface area contributed by atoms with Gasteiger partial charge in [-0.05, 0) is 58.7 Å². The van der Waals surface area contributed by atoms with Gasteiger partial charge in [-0.1, -0.05) is 6.42 Å². The van der Waals surface area contributed by atoms with Gasteiger partial charge in [-0.15, -0.1) is 0 Å². The number of alkyl carbamates (subject to hydrolysis) is 1. The van der Waals surface area contributed by atoms with Gasteiger partial charge in [0.25, 0.3) is 0 Å². The Labute approximate surface area is 164 Å². The molecule has 2 bridgehead atoms. The zero-order valence-corrected chi connectivity index (χ0v) is 17.3. The minimum atomic E-state index is -3.70. The number of aliphatic imine (C=N–C) groups is 1. The van der Waals surface area contributed by atoms with Crippen LogP contribution in [0.25, 0.3) is 0 Å². The quantitative estimate of drug-likeness (QED) is 0.690. The number of benzene rings is 1. The molecule has 28 heavy (non-hydrogen) atoms. The lowest BCUT2D eigenvalue weighted by atomic mass is 9.84. The zero-order valence-electron chi connectivity index (χ0n) is 16.5. The van der Waals surface area contributed by atoms with E-state index in [2.05, 4.69) is 10.3 Å². The average Bonchev–Trinajstić information content (AvgIpc) is 2.52. The first kappa shape index (κ1) is 20.6. The Bertz CT molecular complexity index is 939. The lowest BCUT2D eigenvalue weighted by Gasteiger charge is -2.44. The standard InChI is InChI=1S/C19H26FN3O4S/c1-18(2,3)27-17(24)22-16-14-6-5-7-15(28(14,25)26)19(4,23-16)12-10-11(21)8-9-13(12)20/h8-10,14-15H,5-7,21H2,1-4H3,(H,22,23,24)/t14-,15+,19+/m0/s1. The largest absolute Gasteiger partial charge is 0.444 e. The van der Waals surface area contributed by atoms with Gasteiger partial charge in [-0.25, -0.2) is 17.6 Å². The van der Waals surface area contributed by atoms with Crippen molar-refractivity contribution in [1.82, 2.24) is 5.32 Å². The summed E-state index contributed by atoms with van der Waals surface area (Å²) in [6, 6.07) is 4.02. The fourth-order valence-electron chi connectivity index (χ4n) is 3.98. The molecule has 1 aromatic carbocycles. The fraction of sp³-hybridized carbons (Fsp3) is 0.579. The second kappa shape index (κ2) is 6.72. The Kier molecular flexibility index (Phi) is 4.94. The summed E-state index contributed by atoms with van der Waals surface area (Å²) in [5.41, 5.74) is 4.07. The van der Waals surface area contributed by atoms with E-state index in [1.165, 1.54) is 18.2 Å². The van der Waals surface area contributed by atoms with Crippen LogP contribution in [-0.2, 0) is 20.1 Å². The number of amides is 1. The van der Waals surface area contributed by atoms with Crippen LogP contribution in [0.4, 0.5) is 14.9 Å². The normalized spacial score (nSPS) is 29.0. The summed E-state index contributed by atoms with van der Waals surface area (Å²) < 4.78 is 46.4. The number of hydrogen-bond donors (Lipinski definition) is 2. The molecule has 0 saturated carbocycles. The Morgan fingerprint density at radius 2 is 2.04 bits per heavy atom. The highest BCUT2D eigenvalue weighted by Crippen LogP contribution is 2.46. The summed E-state index contributed by atoms with van der Waals surface area (Å²) in [6.45, 7) is 6.68. The smallest absolute Gasteiger partial charge is 0.413 e. The first-order chi connectivity index (χ1) is 12.8. The Balaban J connectivity index is 2.12. The maximum atomic E-state index is 14.7. The van der Waals surface area contributed by atoms with Crippen LogP contribution < -0.4 is 11.1 Å². The Morgan fingerprint density at radius 3 is 2.68 bits per heavy atom. The number of nitrogen functional groups attached to an aromatic ring is 1. The number of anilines is 1. The number of nitrogens with one attached hydrogen (secondary N) is 1. The maximum Gasteiger partial charge on any atom is 0.413 e. The summed E-state index contributed by atoms with van der Waals surface area (Å²) in [5.74, 6) is -0.592. The van der Waals surface area contributed by atoms with Gasteiger partial charge in [0.2, 0.25) is 0 Å². The maximum absolute atomic E-state index is 14.7. The molecule has 2 aliphatic heterocycles. The summed E-state index contributed by atoms with van der Waals surface area (Å²) in [7, 11) is -3.70. The van der Waals surface area contributed by atoms with Gasteiger partial charge in [0.05, 0.1) is 5.25 Å². The lowest BCUT2D eigenvalue weighted by Crippen LogP contribution is -2.59. The molecule has 1 fully saturated rings. The molecule has 9 heteroatoms. The van der Waals surface area contributed by atoms with Gasteiger partial charge < -0.3 is 10.5 Å². The first-order valence-corrected chi connectivity index (χ1v) is 10.8. The molecule has 2 heterocycles. The molecule has 154 valence electrons. The molecule has 1 amide bonds. The molecule has 0 unspecified atom stereocenters. The fourth-order valence-corrected chi connectivity index (χ4v) is 6.61. The molecule has 7 nitrogen and oxygen atoms in total. The first-order valence-electron chi connectivity index (χ1n) is 9.22. The van der Waals surface area contributed by atoms with Gasteiger partial charge in [0.1, 0.15) is 28.0 Å². The molecule has 3 N–H and O–H groups in total. The number of fused-ring (bicyclic) bond motifs is 2. The van der Waals surface area contributed by atoms with E-state index in [0.717, 1.165) is 0 Å². The molecule has 2 aliphatic rings. The van der Waals surface area contributed by atoms with Crippen LogP contribution in [-0.4, -0.2) is 36.4 Å². The second-order valence-electron chi connectivity index (χ2n) is 8.51. The number of ether oxygens (including phenoxy) is 1. The topological polar surface area (TPSA) is 111 Å². The summed E-state index contributed by atoms with van der Waals surface area (Å²) in [5, 5.41) is 0.678. The van der Waals surface area contributed by atoms with Crippen LogP contribution in [0.3, 0.4) is 0 Å². The predicted molar refractivity (Wildman–Crippen MR) is 105 cm³/mol. The van der Waals surface area contributed by atoms with Crippen molar-refractivity contribution in [1.29, 1.82) is 0 Å². The van der Waals surface area contributed by atoms with Crippen LogP contribution in [0.15, 0.2) is 23.2 Å². The number of carbonyl (C=O) groups excluding carboxylic acids is 1. The monoisotopic (exact) mass is 411 g/mol. The number of nitrogens with two attached hydrogens (primary N) is 1. The molecular formula is C19H26FN3O4S. The number of carbonyl (C=O) groups is 1. The number of amidine groups is 1. The number of rotatable bonds is 1. The number of hydrogen-bond acceptors (Lipinski definition) is 6. The van der Waals surface area contributed by atoms with Crippen molar-refractivity contribution in [3.05, 3.63) is 29.6 Å². The highest BCUT2D eigenvalue weighted by atomic mass is 32.2. The van der Waals surface area contributed by atoms with E-state index in [4.69, 9.17) is 10.5 Å². The zero-order chi connectivity index (χ0) is 20.9. The summed E-state index contributed by atoms with van der Waals surface area (Å²) >= 11 is 0. The Hall–Kier alpha value is -2.16. The van der Waals surface area contributed by atoms with Crippen LogP contribution in [0, 0.1) is 5.82 Å². The molecule has 0 radical (unpaired) electrons. The van der Waals surface area contributed by atoms with E-state index in [9.17, 15) is 17.6 Å². The van der Waals surface area contributed by atoms with E-state index in [1.54, 1.807) is 27.7 Å². The van der Waals surface area contributed by atoms with Gasteiger partial charge in [-0.2, -0.15) is 0 Å². The van der Waals surface area contributed by atoms with E-state index >= 15 is 0 Å². The predicted octanol–water partition coefficient (Wildman–Crippen LogP) is 2.90. The van der Waals surface area contributed by atoms with E-state index < -0.39 is 43.4 Å². The van der Waals surface area contributed by atoms with Gasteiger partial charge in [0, 0.05) is 11.3 Å². The highest BCUT2D eigenvalue weighted by molar-refractivity contribution is 7.93. The van der Waals surface area contributed by atoms with E-state index in [1.807, 2.05) is 0 Å². The van der Waals surface area contributed by atoms with Crippen LogP contribution >= 0.6 is 0 Å². The van der Waals surface area contributed by atoms with E-state index in [-0.39, 0.29) is 11.4 Å². The number of sulfone groups is 1. The molecule has 0 aliphatic carbocycles. The van der Waals surface area contributed by atoms with Crippen LogP contribution in [0.2, 0.25) is 0 Å². The van der Waals surface area contributed by atoms with Crippen molar-refractivity contribution in [2.24, 2.45) is 4.99 Å². The molecule has 0 aromatic heterocycles. The number of nitrogens with zero attached hydrogens (tertiary/aromatic N) is 1. The third kappa shape index (κ3) is 3.59. The molecule has 1 aromatic rings. The van der Waals surface area contributed by atoms with Crippen molar-refractivity contribution in [2.45, 2.75) is 68.6 Å². The second-order valence-corrected chi connectivity index (χ2v) is 10.8. The van der Waals surface area contributed by atoms with Crippen molar-refractivity contribution in [3.63, 3.8) is 0 Å². The average molecular weight is 411 g/mol. The van der Waals surface area contributed by atoms with E-state index in [0.29, 0.717) is 24.9 Å². The molecule has 0 spiro atoms. The summed E-state index contributed by atoms with van der Waals surface area (Å²) in [4.78, 5) is 16.8. The van der Waals surface area contributed by atoms with Gasteiger partial charge >= 0.3 is 6.09 Å².